The number of benzene rings is 1. The Balaban J connectivity index is 2.14. The van der Waals surface area contributed by atoms with Gasteiger partial charge in [-0.2, -0.15) is 5.26 Å². The Kier molecular flexibility index (Phi) is 4.52. The second-order valence-corrected chi connectivity index (χ2v) is 6.42. The Morgan fingerprint density at radius 3 is 2.37 bits per heavy atom. The standard InChI is InChI=1S/C16H21BrN2/c1-3-16(4-2)5-7-19(8-6-16)15-10-13(12-18)9-14(17)11-15/h9-11H,3-8H2,1-2H3. The van der Waals surface area contributed by atoms with Crippen LogP contribution in [0.1, 0.15) is 45.1 Å². The molecule has 1 fully saturated rings. The van der Waals surface area contributed by atoms with Crippen LogP contribution in [0.15, 0.2) is 22.7 Å². The van der Waals surface area contributed by atoms with Gasteiger partial charge in [0.15, 0.2) is 0 Å². The molecule has 0 spiro atoms. The lowest BCUT2D eigenvalue weighted by Gasteiger charge is -2.42. The van der Waals surface area contributed by atoms with Gasteiger partial charge in [-0.1, -0.05) is 42.6 Å². The molecule has 1 aromatic carbocycles. The Hall–Kier alpha value is -1.01. The molecule has 0 aliphatic carbocycles. The molecule has 1 aliphatic heterocycles. The highest BCUT2D eigenvalue weighted by molar-refractivity contribution is 9.10. The van der Waals surface area contributed by atoms with Crippen molar-refractivity contribution in [1.82, 2.24) is 0 Å². The van der Waals surface area contributed by atoms with Crippen molar-refractivity contribution in [2.45, 2.75) is 39.5 Å². The number of hydrogen-bond donors (Lipinski definition) is 0. The lowest BCUT2D eigenvalue weighted by Crippen LogP contribution is -2.39. The van der Waals surface area contributed by atoms with Crippen LogP contribution < -0.4 is 4.90 Å². The van der Waals surface area contributed by atoms with Crippen LogP contribution in [-0.4, -0.2) is 13.1 Å². The van der Waals surface area contributed by atoms with E-state index in [4.69, 9.17) is 5.26 Å². The van der Waals surface area contributed by atoms with Gasteiger partial charge in [-0.05, 0) is 36.5 Å². The SMILES string of the molecule is CCC1(CC)CCN(c2cc(Br)cc(C#N)c2)CC1. The van der Waals surface area contributed by atoms with Gasteiger partial charge in [0, 0.05) is 23.2 Å². The Morgan fingerprint density at radius 1 is 1.21 bits per heavy atom. The molecule has 2 rings (SSSR count). The molecular weight excluding hydrogens is 300 g/mol. The zero-order chi connectivity index (χ0) is 13.9. The van der Waals surface area contributed by atoms with E-state index in [9.17, 15) is 0 Å². The predicted molar refractivity (Wildman–Crippen MR) is 83.3 cm³/mol. The topological polar surface area (TPSA) is 27.0 Å². The highest BCUT2D eigenvalue weighted by atomic mass is 79.9. The first-order valence-corrected chi connectivity index (χ1v) is 7.87. The second-order valence-electron chi connectivity index (χ2n) is 5.50. The maximum atomic E-state index is 9.05. The number of rotatable bonds is 3. The summed E-state index contributed by atoms with van der Waals surface area (Å²) in [6.45, 7) is 6.82. The Labute approximate surface area is 124 Å². The average molecular weight is 321 g/mol. The molecule has 0 aromatic heterocycles. The van der Waals surface area contributed by atoms with Gasteiger partial charge in [-0.15, -0.1) is 0 Å². The minimum atomic E-state index is 0.542. The van der Waals surface area contributed by atoms with E-state index in [1.165, 1.54) is 31.4 Å². The van der Waals surface area contributed by atoms with Gasteiger partial charge in [0.1, 0.15) is 0 Å². The Morgan fingerprint density at radius 2 is 1.84 bits per heavy atom. The van der Waals surface area contributed by atoms with Crippen molar-refractivity contribution >= 4 is 21.6 Å². The van der Waals surface area contributed by atoms with Crippen molar-refractivity contribution in [1.29, 1.82) is 5.26 Å². The van der Waals surface area contributed by atoms with Gasteiger partial charge in [0.05, 0.1) is 11.6 Å². The van der Waals surface area contributed by atoms with Crippen LogP contribution >= 0.6 is 15.9 Å². The largest absolute Gasteiger partial charge is 0.371 e. The third-order valence-corrected chi connectivity index (χ3v) is 5.16. The summed E-state index contributed by atoms with van der Waals surface area (Å²) in [5, 5.41) is 9.05. The first-order valence-electron chi connectivity index (χ1n) is 7.08. The molecule has 3 heteroatoms. The van der Waals surface area contributed by atoms with Gasteiger partial charge in [0.25, 0.3) is 0 Å². The normalized spacial score (nSPS) is 18.1. The molecule has 0 amide bonds. The molecule has 1 aromatic rings. The van der Waals surface area contributed by atoms with Crippen LogP contribution in [0.5, 0.6) is 0 Å². The summed E-state index contributed by atoms with van der Waals surface area (Å²) >= 11 is 3.49. The van der Waals surface area contributed by atoms with Crippen LogP contribution in [0.4, 0.5) is 5.69 Å². The molecule has 0 saturated carbocycles. The quantitative estimate of drug-likeness (QED) is 0.805. The monoisotopic (exact) mass is 320 g/mol. The number of piperidine rings is 1. The van der Waals surface area contributed by atoms with Crippen LogP contribution in [0.25, 0.3) is 0 Å². The zero-order valence-electron chi connectivity index (χ0n) is 11.7. The van der Waals surface area contributed by atoms with E-state index in [-0.39, 0.29) is 0 Å². The lowest BCUT2D eigenvalue weighted by molar-refractivity contribution is 0.199. The van der Waals surface area contributed by atoms with Crippen LogP contribution in [-0.2, 0) is 0 Å². The van der Waals surface area contributed by atoms with Crippen LogP contribution in [0.3, 0.4) is 0 Å². The summed E-state index contributed by atoms with van der Waals surface area (Å²) in [6.07, 6.45) is 5.07. The zero-order valence-corrected chi connectivity index (χ0v) is 13.3. The van der Waals surface area contributed by atoms with E-state index in [1.807, 2.05) is 12.1 Å². The van der Waals surface area contributed by atoms with Crippen molar-refractivity contribution in [3.05, 3.63) is 28.2 Å². The fraction of sp³-hybridized carbons (Fsp3) is 0.562. The van der Waals surface area contributed by atoms with E-state index >= 15 is 0 Å². The van der Waals surface area contributed by atoms with Gasteiger partial charge in [0.2, 0.25) is 0 Å². The van der Waals surface area contributed by atoms with Gasteiger partial charge in [-0.25, -0.2) is 0 Å². The molecule has 0 radical (unpaired) electrons. The minimum Gasteiger partial charge on any atom is -0.371 e. The number of nitrogens with zero attached hydrogens (tertiary/aromatic N) is 2. The third-order valence-electron chi connectivity index (χ3n) is 4.70. The van der Waals surface area contributed by atoms with Crippen LogP contribution in [0, 0.1) is 16.7 Å². The fourth-order valence-corrected chi connectivity index (χ4v) is 3.50. The smallest absolute Gasteiger partial charge is 0.0992 e. The molecule has 0 N–H and O–H groups in total. The first-order chi connectivity index (χ1) is 9.12. The van der Waals surface area contributed by atoms with E-state index in [1.54, 1.807) is 0 Å². The summed E-state index contributed by atoms with van der Waals surface area (Å²) in [7, 11) is 0. The molecule has 1 heterocycles. The minimum absolute atomic E-state index is 0.542. The molecule has 2 nitrogen and oxygen atoms in total. The molecule has 0 bridgehead atoms. The molecule has 1 aliphatic rings. The third kappa shape index (κ3) is 3.12. The molecule has 1 saturated heterocycles. The summed E-state index contributed by atoms with van der Waals surface area (Å²) < 4.78 is 0.990. The molecule has 0 unspecified atom stereocenters. The van der Waals surface area contributed by atoms with Gasteiger partial charge < -0.3 is 4.90 Å². The molecule has 102 valence electrons. The van der Waals surface area contributed by atoms with E-state index < -0.39 is 0 Å². The average Bonchev–Trinajstić information content (AvgIpc) is 2.46. The van der Waals surface area contributed by atoms with Crippen molar-refractivity contribution in [2.75, 3.05) is 18.0 Å². The number of halogens is 1. The number of hydrogen-bond acceptors (Lipinski definition) is 2. The van der Waals surface area contributed by atoms with E-state index in [0.717, 1.165) is 23.1 Å². The molecule has 0 atom stereocenters. The Bertz CT molecular complexity index is 476. The molecular formula is C16H21BrN2. The fourth-order valence-electron chi connectivity index (χ4n) is 3.02. The predicted octanol–water partition coefficient (Wildman–Crippen LogP) is 4.73. The maximum Gasteiger partial charge on any atom is 0.0992 e. The van der Waals surface area contributed by atoms with Gasteiger partial charge >= 0.3 is 0 Å². The number of nitriles is 1. The summed E-state index contributed by atoms with van der Waals surface area (Å²) in [5.74, 6) is 0. The number of anilines is 1. The van der Waals surface area contributed by atoms with Crippen molar-refractivity contribution < 1.29 is 0 Å². The molecule has 19 heavy (non-hydrogen) atoms. The van der Waals surface area contributed by atoms with Crippen molar-refractivity contribution in [2.24, 2.45) is 5.41 Å². The van der Waals surface area contributed by atoms with E-state index in [2.05, 4.69) is 46.8 Å². The summed E-state index contributed by atoms with van der Waals surface area (Å²) in [4.78, 5) is 2.41. The highest BCUT2D eigenvalue weighted by Gasteiger charge is 2.31. The summed E-state index contributed by atoms with van der Waals surface area (Å²) in [5.41, 5.74) is 2.44. The van der Waals surface area contributed by atoms with Crippen molar-refractivity contribution in [3.63, 3.8) is 0 Å². The van der Waals surface area contributed by atoms with Crippen molar-refractivity contribution in [3.8, 4) is 6.07 Å². The van der Waals surface area contributed by atoms with E-state index in [0.29, 0.717) is 5.41 Å². The first kappa shape index (κ1) is 14.4. The maximum absolute atomic E-state index is 9.05. The highest BCUT2D eigenvalue weighted by Crippen LogP contribution is 2.39. The second kappa shape index (κ2) is 5.96. The van der Waals surface area contributed by atoms with Gasteiger partial charge in [-0.3, -0.25) is 0 Å². The summed E-state index contributed by atoms with van der Waals surface area (Å²) in [6, 6.07) is 8.21. The lowest BCUT2D eigenvalue weighted by atomic mass is 9.74. The van der Waals surface area contributed by atoms with Crippen LogP contribution in [0.2, 0.25) is 0 Å².